The van der Waals surface area contributed by atoms with E-state index in [0.29, 0.717) is 13.0 Å². The second-order valence-corrected chi connectivity index (χ2v) is 4.53. The van der Waals surface area contributed by atoms with Gasteiger partial charge in [0.05, 0.1) is 12.1 Å². The van der Waals surface area contributed by atoms with Crippen LogP contribution in [0.1, 0.15) is 46.5 Å². The van der Waals surface area contributed by atoms with E-state index >= 15 is 0 Å². The van der Waals surface area contributed by atoms with Crippen LogP contribution in [0.25, 0.3) is 0 Å². The highest BCUT2D eigenvalue weighted by Gasteiger charge is 2.22. The topological polar surface area (TPSA) is 81.4 Å². The molecule has 0 aliphatic carbocycles. The molecule has 5 nitrogen and oxygen atoms in total. The fourth-order valence-electron chi connectivity index (χ4n) is 1.29. The average molecular weight is 244 g/mol. The third-order valence-corrected chi connectivity index (χ3v) is 2.55. The van der Waals surface area contributed by atoms with Crippen molar-refractivity contribution in [3.8, 4) is 0 Å². The standard InChI is InChI=1S/C12H24N2O3/c1-4-17-10(15)8-6-5-7-9-14-12(2,3)11(13)16/h14H,4-9H2,1-3H3,(H2,13,16). The van der Waals surface area contributed by atoms with Gasteiger partial charge in [0.2, 0.25) is 5.91 Å². The number of nitrogens with two attached hydrogens (primary N) is 1. The van der Waals surface area contributed by atoms with Gasteiger partial charge in [-0.25, -0.2) is 0 Å². The van der Waals surface area contributed by atoms with Gasteiger partial charge in [-0.3, -0.25) is 9.59 Å². The predicted molar refractivity (Wildman–Crippen MR) is 66.4 cm³/mol. The van der Waals surface area contributed by atoms with Crippen LogP contribution in [0.3, 0.4) is 0 Å². The predicted octanol–water partition coefficient (Wildman–Crippen LogP) is 0.963. The molecule has 0 heterocycles. The highest BCUT2D eigenvalue weighted by molar-refractivity contribution is 5.83. The lowest BCUT2D eigenvalue weighted by Gasteiger charge is -2.22. The number of primary amides is 1. The van der Waals surface area contributed by atoms with E-state index in [1.54, 1.807) is 20.8 Å². The average Bonchev–Trinajstić information content (AvgIpc) is 2.23. The first kappa shape index (κ1) is 15.9. The van der Waals surface area contributed by atoms with E-state index in [1.165, 1.54) is 0 Å². The Balaban J connectivity index is 3.47. The number of hydrogen-bond acceptors (Lipinski definition) is 4. The van der Waals surface area contributed by atoms with Crippen molar-refractivity contribution in [2.75, 3.05) is 13.2 Å². The van der Waals surface area contributed by atoms with Gasteiger partial charge in [0, 0.05) is 6.42 Å². The highest BCUT2D eigenvalue weighted by atomic mass is 16.5. The largest absolute Gasteiger partial charge is 0.466 e. The van der Waals surface area contributed by atoms with Gasteiger partial charge in [0.25, 0.3) is 0 Å². The molecule has 0 atom stereocenters. The van der Waals surface area contributed by atoms with Crippen molar-refractivity contribution >= 4 is 11.9 Å². The van der Waals surface area contributed by atoms with Crippen molar-refractivity contribution in [2.24, 2.45) is 5.73 Å². The molecular formula is C12H24N2O3. The summed E-state index contributed by atoms with van der Waals surface area (Å²) in [5.41, 5.74) is 4.56. The molecule has 0 unspecified atom stereocenters. The SMILES string of the molecule is CCOC(=O)CCCCCNC(C)(C)C(N)=O. The summed E-state index contributed by atoms with van der Waals surface area (Å²) in [7, 11) is 0. The van der Waals surface area contributed by atoms with Gasteiger partial charge in [-0.15, -0.1) is 0 Å². The summed E-state index contributed by atoms with van der Waals surface area (Å²) in [6, 6.07) is 0. The third kappa shape index (κ3) is 7.74. The van der Waals surface area contributed by atoms with Gasteiger partial charge < -0.3 is 15.8 Å². The minimum atomic E-state index is -0.666. The zero-order valence-electron chi connectivity index (χ0n) is 11.0. The van der Waals surface area contributed by atoms with Crippen LogP contribution in [-0.2, 0) is 14.3 Å². The Morgan fingerprint density at radius 3 is 2.41 bits per heavy atom. The Labute approximate surface area is 103 Å². The summed E-state index contributed by atoms with van der Waals surface area (Å²) in [5, 5.41) is 3.08. The Kier molecular flexibility index (Phi) is 7.54. The first-order valence-corrected chi connectivity index (χ1v) is 6.10. The lowest BCUT2D eigenvalue weighted by atomic mass is 10.0. The molecule has 0 spiro atoms. The van der Waals surface area contributed by atoms with Crippen LogP contribution in [0.5, 0.6) is 0 Å². The fourth-order valence-corrected chi connectivity index (χ4v) is 1.29. The lowest BCUT2D eigenvalue weighted by molar-refractivity contribution is -0.143. The fraction of sp³-hybridized carbons (Fsp3) is 0.833. The first-order chi connectivity index (χ1) is 7.90. The van der Waals surface area contributed by atoms with Gasteiger partial charge in [0.15, 0.2) is 0 Å². The maximum Gasteiger partial charge on any atom is 0.305 e. The second-order valence-electron chi connectivity index (χ2n) is 4.53. The molecule has 17 heavy (non-hydrogen) atoms. The van der Waals surface area contributed by atoms with Crippen LogP contribution in [0.4, 0.5) is 0 Å². The van der Waals surface area contributed by atoms with Crippen LogP contribution in [0, 0.1) is 0 Å². The molecule has 0 aliphatic rings. The van der Waals surface area contributed by atoms with Gasteiger partial charge in [-0.05, 0) is 40.2 Å². The van der Waals surface area contributed by atoms with Crippen molar-refractivity contribution in [3.63, 3.8) is 0 Å². The normalized spacial score (nSPS) is 11.2. The Hall–Kier alpha value is -1.10. The molecule has 0 bridgehead atoms. The Morgan fingerprint density at radius 1 is 1.24 bits per heavy atom. The Bertz CT molecular complexity index is 252. The summed E-state index contributed by atoms with van der Waals surface area (Å²) in [4.78, 5) is 22.0. The van der Waals surface area contributed by atoms with Crippen molar-refractivity contribution in [2.45, 2.75) is 52.0 Å². The minimum Gasteiger partial charge on any atom is -0.466 e. The molecule has 0 aromatic rings. The first-order valence-electron chi connectivity index (χ1n) is 6.10. The van der Waals surface area contributed by atoms with Crippen molar-refractivity contribution in [1.29, 1.82) is 0 Å². The number of amides is 1. The van der Waals surface area contributed by atoms with E-state index < -0.39 is 5.54 Å². The van der Waals surface area contributed by atoms with E-state index in [1.807, 2.05) is 0 Å². The molecule has 1 amide bonds. The number of ether oxygens (including phenoxy) is 1. The maximum absolute atomic E-state index is 11.0. The molecule has 3 N–H and O–H groups in total. The zero-order valence-corrected chi connectivity index (χ0v) is 11.0. The molecular weight excluding hydrogens is 220 g/mol. The van der Waals surface area contributed by atoms with Crippen molar-refractivity contribution in [3.05, 3.63) is 0 Å². The minimum absolute atomic E-state index is 0.141. The van der Waals surface area contributed by atoms with Crippen LogP contribution in [0.2, 0.25) is 0 Å². The summed E-state index contributed by atoms with van der Waals surface area (Å²) in [6.07, 6.45) is 3.13. The number of esters is 1. The summed E-state index contributed by atoms with van der Waals surface area (Å²) in [6.45, 7) is 6.47. The molecule has 100 valence electrons. The van der Waals surface area contributed by atoms with E-state index in [2.05, 4.69) is 5.32 Å². The quantitative estimate of drug-likeness (QED) is 0.467. The molecule has 0 aromatic heterocycles. The summed E-state index contributed by atoms with van der Waals surface area (Å²) < 4.78 is 4.82. The lowest BCUT2D eigenvalue weighted by Crippen LogP contribution is -2.50. The molecule has 0 rings (SSSR count). The Morgan fingerprint density at radius 2 is 1.88 bits per heavy atom. The molecule has 0 fully saturated rings. The van der Waals surface area contributed by atoms with Crippen LogP contribution in [-0.4, -0.2) is 30.6 Å². The molecule has 0 aromatic carbocycles. The van der Waals surface area contributed by atoms with E-state index in [4.69, 9.17) is 10.5 Å². The van der Waals surface area contributed by atoms with E-state index in [0.717, 1.165) is 25.8 Å². The van der Waals surface area contributed by atoms with Crippen LogP contribution in [0.15, 0.2) is 0 Å². The summed E-state index contributed by atoms with van der Waals surface area (Å²) in [5.74, 6) is -0.498. The molecule has 0 aliphatic heterocycles. The number of rotatable bonds is 9. The number of unbranched alkanes of at least 4 members (excludes halogenated alkanes) is 2. The second kappa shape index (κ2) is 8.06. The monoisotopic (exact) mass is 244 g/mol. The molecule has 0 saturated heterocycles. The van der Waals surface area contributed by atoms with E-state index in [9.17, 15) is 9.59 Å². The maximum atomic E-state index is 11.0. The number of nitrogens with one attached hydrogen (secondary N) is 1. The smallest absolute Gasteiger partial charge is 0.305 e. The van der Waals surface area contributed by atoms with Gasteiger partial charge >= 0.3 is 5.97 Å². The third-order valence-electron chi connectivity index (χ3n) is 2.55. The van der Waals surface area contributed by atoms with Gasteiger partial charge in [-0.2, -0.15) is 0 Å². The number of hydrogen-bond donors (Lipinski definition) is 2. The summed E-state index contributed by atoms with van der Waals surface area (Å²) >= 11 is 0. The van der Waals surface area contributed by atoms with Gasteiger partial charge in [0.1, 0.15) is 0 Å². The van der Waals surface area contributed by atoms with Crippen LogP contribution < -0.4 is 11.1 Å². The van der Waals surface area contributed by atoms with Crippen molar-refractivity contribution < 1.29 is 14.3 Å². The molecule has 0 saturated carbocycles. The number of carbonyl (C=O) groups excluding carboxylic acids is 2. The molecule has 5 heteroatoms. The number of carbonyl (C=O) groups is 2. The highest BCUT2D eigenvalue weighted by Crippen LogP contribution is 2.04. The van der Waals surface area contributed by atoms with Gasteiger partial charge in [-0.1, -0.05) is 6.42 Å². The van der Waals surface area contributed by atoms with Crippen LogP contribution >= 0.6 is 0 Å². The van der Waals surface area contributed by atoms with E-state index in [-0.39, 0.29) is 11.9 Å². The molecule has 0 radical (unpaired) electrons. The zero-order chi connectivity index (χ0) is 13.3. The van der Waals surface area contributed by atoms with Crippen molar-refractivity contribution in [1.82, 2.24) is 5.32 Å².